The molecule has 1 saturated heterocycles. The molecule has 31 heavy (non-hydrogen) atoms. The van der Waals surface area contributed by atoms with Crippen molar-refractivity contribution in [3.63, 3.8) is 0 Å². The number of benzene rings is 1. The van der Waals surface area contributed by atoms with Crippen LogP contribution in [0.3, 0.4) is 0 Å². The number of oxazole rings is 1. The number of furan rings is 1. The highest BCUT2D eigenvalue weighted by Gasteiger charge is 2.28. The van der Waals surface area contributed by atoms with Crippen LogP contribution in [0.5, 0.6) is 0 Å². The average Bonchev–Trinajstić information content (AvgIpc) is 3.45. The number of aromatic nitrogens is 1. The Morgan fingerprint density at radius 3 is 2.42 bits per heavy atom. The second-order valence-corrected chi connectivity index (χ2v) is 7.26. The van der Waals surface area contributed by atoms with Crippen molar-refractivity contribution in [2.45, 2.75) is 19.8 Å². The number of anilines is 3. The minimum atomic E-state index is -0.338. The number of nitriles is 1. The largest absolute Gasteiger partial charge is 0.459 e. The van der Waals surface area contributed by atoms with Crippen LogP contribution in [-0.2, 0) is 4.79 Å². The van der Waals surface area contributed by atoms with Gasteiger partial charge in [-0.3, -0.25) is 9.59 Å². The summed E-state index contributed by atoms with van der Waals surface area (Å²) < 4.78 is 10.6. The van der Waals surface area contributed by atoms with Crippen LogP contribution in [0.15, 0.2) is 51.5 Å². The van der Waals surface area contributed by atoms with Gasteiger partial charge in [0.15, 0.2) is 11.7 Å². The summed E-state index contributed by atoms with van der Waals surface area (Å²) in [5.74, 6) is 0.632. The van der Waals surface area contributed by atoms with E-state index in [4.69, 9.17) is 8.83 Å². The van der Waals surface area contributed by atoms with Crippen molar-refractivity contribution in [1.29, 1.82) is 5.26 Å². The van der Waals surface area contributed by atoms with Gasteiger partial charge in [-0.25, -0.2) is 4.98 Å². The molecule has 2 N–H and O–H groups in total. The van der Waals surface area contributed by atoms with Crippen LogP contribution < -0.4 is 15.5 Å². The van der Waals surface area contributed by atoms with Crippen LogP contribution in [0, 0.1) is 24.2 Å². The monoisotopic (exact) mass is 419 g/mol. The molecule has 2 amide bonds. The fraction of sp³-hybridized carbons (Fsp3) is 0.273. The first-order valence-electron chi connectivity index (χ1n) is 9.92. The van der Waals surface area contributed by atoms with Crippen molar-refractivity contribution in [2.75, 3.05) is 28.6 Å². The van der Waals surface area contributed by atoms with Gasteiger partial charge in [0.2, 0.25) is 17.5 Å². The molecule has 0 saturated carbocycles. The van der Waals surface area contributed by atoms with Crippen molar-refractivity contribution >= 4 is 29.1 Å². The van der Waals surface area contributed by atoms with Crippen molar-refractivity contribution in [2.24, 2.45) is 5.92 Å². The van der Waals surface area contributed by atoms with Crippen LogP contribution in [0.2, 0.25) is 0 Å². The Morgan fingerprint density at radius 1 is 1.13 bits per heavy atom. The standard InChI is InChI=1S/C22H21N5O4/c1-14-24-18(13-23)22(31-14)27-10-8-15(9-11-27)20(28)25-16-4-6-17(7-5-16)26-21(29)19-3-2-12-30-19/h2-7,12,15H,8-11H2,1H3,(H,25,28)(H,26,29). The highest BCUT2D eigenvalue weighted by Crippen LogP contribution is 2.27. The number of carbonyl (C=O) groups excluding carboxylic acids is 2. The number of nitrogens with zero attached hydrogens (tertiary/aromatic N) is 3. The number of nitrogens with one attached hydrogen (secondary N) is 2. The summed E-state index contributed by atoms with van der Waals surface area (Å²) in [6.45, 7) is 2.93. The van der Waals surface area contributed by atoms with Crippen molar-refractivity contribution in [3.8, 4) is 6.07 Å². The second kappa shape index (κ2) is 8.75. The van der Waals surface area contributed by atoms with Gasteiger partial charge >= 0.3 is 0 Å². The van der Waals surface area contributed by atoms with Gasteiger partial charge < -0.3 is 24.4 Å². The van der Waals surface area contributed by atoms with Crippen molar-refractivity contribution < 1.29 is 18.4 Å². The Hall–Kier alpha value is -4.06. The first-order chi connectivity index (χ1) is 15.0. The van der Waals surface area contributed by atoms with Crippen molar-refractivity contribution in [3.05, 3.63) is 60.0 Å². The molecule has 1 fully saturated rings. The zero-order valence-corrected chi connectivity index (χ0v) is 16.9. The molecule has 1 aliphatic heterocycles. The Kier molecular flexibility index (Phi) is 5.71. The number of amides is 2. The number of hydrogen-bond acceptors (Lipinski definition) is 7. The van der Waals surface area contributed by atoms with Gasteiger partial charge in [-0.05, 0) is 49.2 Å². The molecule has 0 spiro atoms. The zero-order valence-electron chi connectivity index (χ0n) is 16.9. The van der Waals surface area contributed by atoms with Gasteiger partial charge in [0.05, 0.1) is 6.26 Å². The smallest absolute Gasteiger partial charge is 0.291 e. The quantitative estimate of drug-likeness (QED) is 0.648. The molecule has 1 aromatic carbocycles. The Balaban J connectivity index is 1.30. The normalized spacial score (nSPS) is 14.1. The highest BCUT2D eigenvalue weighted by atomic mass is 16.4. The fourth-order valence-corrected chi connectivity index (χ4v) is 3.53. The number of carbonyl (C=O) groups is 2. The molecule has 0 atom stereocenters. The minimum Gasteiger partial charge on any atom is -0.459 e. The van der Waals surface area contributed by atoms with Gasteiger partial charge in [0.1, 0.15) is 6.07 Å². The summed E-state index contributed by atoms with van der Waals surface area (Å²) in [6, 6.07) is 12.2. The zero-order chi connectivity index (χ0) is 21.8. The molecule has 3 heterocycles. The van der Waals surface area contributed by atoms with E-state index in [1.807, 2.05) is 11.0 Å². The molecule has 9 nitrogen and oxygen atoms in total. The SMILES string of the molecule is Cc1nc(C#N)c(N2CCC(C(=O)Nc3ccc(NC(=O)c4ccco4)cc3)CC2)o1. The summed E-state index contributed by atoms with van der Waals surface area (Å²) in [5, 5.41) is 14.8. The van der Waals surface area contributed by atoms with E-state index in [1.165, 1.54) is 6.26 Å². The van der Waals surface area contributed by atoms with E-state index < -0.39 is 0 Å². The number of piperidine rings is 1. The van der Waals surface area contributed by atoms with E-state index in [0.29, 0.717) is 49.1 Å². The molecule has 3 aromatic rings. The maximum atomic E-state index is 12.7. The maximum Gasteiger partial charge on any atom is 0.291 e. The summed E-state index contributed by atoms with van der Waals surface area (Å²) >= 11 is 0. The lowest BCUT2D eigenvalue weighted by Gasteiger charge is -2.31. The predicted molar refractivity (Wildman–Crippen MR) is 113 cm³/mol. The third-order valence-corrected chi connectivity index (χ3v) is 5.13. The number of hydrogen-bond donors (Lipinski definition) is 2. The molecule has 0 bridgehead atoms. The Morgan fingerprint density at radius 2 is 1.81 bits per heavy atom. The molecule has 0 radical (unpaired) electrons. The van der Waals surface area contributed by atoms with Crippen LogP contribution in [0.1, 0.15) is 35.0 Å². The first kappa shape index (κ1) is 20.2. The fourth-order valence-electron chi connectivity index (χ4n) is 3.53. The van der Waals surface area contributed by atoms with Crippen LogP contribution >= 0.6 is 0 Å². The van der Waals surface area contributed by atoms with Gasteiger partial charge in [-0.2, -0.15) is 5.26 Å². The number of rotatable bonds is 5. The van der Waals surface area contributed by atoms with Crippen LogP contribution in [0.25, 0.3) is 0 Å². The van der Waals surface area contributed by atoms with E-state index in [2.05, 4.69) is 15.6 Å². The summed E-state index contributed by atoms with van der Waals surface area (Å²) in [5.41, 5.74) is 1.53. The first-order valence-corrected chi connectivity index (χ1v) is 9.92. The Bertz CT molecular complexity index is 1100. The number of aryl methyl sites for hydroxylation is 1. The lowest BCUT2D eigenvalue weighted by Crippen LogP contribution is -2.38. The predicted octanol–water partition coefficient (Wildman–Crippen LogP) is 3.56. The molecule has 9 heteroatoms. The lowest BCUT2D eigenvalue weighted by molar-refractivity contribution is -0.120. The topological polar surface area (TPSA) is 124 Å². The van der Waals surface area contributed by atoms with Crippen LogP contribution in [0.4, 0.5) is 17.3 Å². The maximum absolute atomic E-state index is 12.7. The van der Waals surface area contributed by atoms with E-state index in [1.54, 1.807) is 43.3 Å². The average molecular weight is 419 g/mol. The van der Waals surface area contributed by atoms with Gasteiger partial charge in [-0.1, -0.05) is 0 Å². The summed E-state index contributed by atoms with van der Waals surface area (Å²) in [4.78, 5) is 30.7. The third kappa shape index (κ3) is 4.59. The third-order valence-electron chi connectivity index (χ3n) is 5.13. The Labute approximate surface area is 178 Å². The molecular weight excluding hydrogens is 398 g/mol. The van der Waals surface area contributed by atoms with Crippen LogP contribution in [-0.4, -0.2) is 29.9 Å². The van der Waals surface area contributed by atoms with E-state index in [9.17, 15) is 14.9 Å². The molecule has 2 aromatic heterocycles. The van der Waals surface area contributed by atoms with Crippen molar-refractivity contribution in [1.82, 2.24) is 4.98 Å². The molecule has 0 aliphatic carbocycles. The molecular formula is C22H21N5O4. The molecule has 4 rings (SSSR count). The molecule has 0 unspecified atom stereocenters. The van der Waals surface area contributed by atoms with E-state index in [-0.39, 0.29) is 29.2 Å². The van der Waals surface area contributed by atoms with Gasteiger partial charge in [0.25, 0.3) is 5.91 Å². The second-order valence-electron chi connectivity index (χ2n) is 7.26. The summed E-state index contributed by atoms with van der Waals surface area (Å²) in [6.07, 6.45) is 2.73. The molecule has 158 valence electrons. The molecule has 1 aliphatic rings. The van der Waals surface area contributed by atoms with Gasteiger partial charge in [0, 0.05) is 37.3 Å². The van der Waals surface area contributed by atoms with E-state index in [0.717, 1.165) is 0 Å². The summed E-state index contributed by atoms with van der Waals surface area (Å²) in [7, 11) is 0. The van der Waals surface area contributed by atoms with E-state index >= 15 is 0 Å². The highest BCUT2D eigenvalue weighted by molar-refractivity contribution is 6.02. The van der Waals surface area contributed by atoms with Gasteiger partial charge in [-0.15, -0.1) is 0 Å². The lowest BCUT2D eigenvalue weighted by atomic mass is 9.96. The minimum absolute atomic E-state index is 0.0544.